The van der Waals surface area contributed by atoms with Crippen molar-refractivity contribution in [3.05, 3.63) is 36.1 Å². The second-order valence-corrected chi connectivity index (χ2v) is 4.81. The third kappa shape index (κ3) is 4.93. The van der Waals surface area contributed by atoms with Crippen LogP contribution in [-0.2, 0) is 9.59 Å². The number of rotatable bonds is 6. The van der Waals surface area contributed by atoms with Gasteiger partial charge in [-0.1, -0.05) is 5.16 Å². The summed E-state index contributed by atoms with van der Waals surface area (Å²) in [6.07, 6.45) is 0.305. The highest BCUT2D eigenvalue weighted by atomic mass is 16.5. The Balaban J connectivity index is 1.73. The van der Waals surface area contributed by atoms with Crippen molar-refractivity contribution in [2.75, 3.05) is 22.5 Å². The van der Waals surface area contributed by atoms with Crippen LogP contribution in [0.4, 0.5) is 17.2 Å². The third-order valence-electron chi connectivity index (χ3n) is 2.78. The molecule has 1 heterocycles. The van der Waals surface area contributed by atoms with Crippen LogP contribution < -0.4 is 16.0 Å². The van der Waals surface area contributed by atoms with Crippen molar-refractivity contribution < 1.29 is 14.1 Å². The lowest BCUT2D eigenvalue weighted by atomic mass is 10.2. The summed E-state index contributed by atoms with van der Waals surface area (Å²) in [7, 11) is 0. The molecule has 0 saturated carbocycles. The molecule has 3 N–H and O–H groups in total. The number of aromatic nitrogens is 1. The van der Waals surface area contributed by atoms with Crippen LogP contribution in [0.2, 0.25) is 0 Å². The maximum atomic E-state index is 11.7. The molecular formula is C15H18N4O3. The molecule has 2 amide bonds. The van der Waals surface area contributed by atoms with E-state index in [0.29, 0.717) is 24.5 Å². The maximum Gasteiger partial charge on any atom is 0.227 e. The summed E-state index contributed by atoms with van der Waals surface area (Å²) in [6.45, 7) is 3.71. The van der Waals surface area contributed by atoms with Gasteiger partial charge in [-0.05, 0) is 31.2 Å². The van der Waals surface area contributed by atoms with E-state index in [1.165, 1.54) is 6.92 Å². The monoisotopic (exact) mass is 302 g/mol. The summed E-state index contributed by atoms with van der Waals surface area (Å²) in [5.74, 6) is 0.811. The van der Waals surface area contributed by atoms with Crippen LogP contribution in [0.1, 0.15) is 19.1 Å². The van der Waals surface area contributed by atoms with Gasteiger partial charge in [0.2, 0.25) is 11.8 Å². The normalized spacial score (nSPS) is 10.1. The first-order valence-corrected chi connectivity index (χ1v) is 6.87. The summed E-state index contributed by atoms with van der Waals surface area (Å²) in [6, 6.07) is 8.92. The van der Waals surface area contributed by atoms with Crippen LogP contribution in [0.5, 0.6) is 0 Å². The van der Waals surface area contributed by atoms with Crippen LogP contribution in [0.25, 0.3) is 0 Å². The van der Waals surface area contributed by atoms with E-state index in [-0.39, 0.29) is 11.8 Å². The predicted octanol–water partition coefficient (Wildman–Crippen LogP) is 2.38. The molecule has 0 atom stereocenters. The first kappa shape index (κ1) is 15.6. The smallest absolute Gasteiger partial charge is 0.227 e. The van der Waals surface area contributed by atoms with Crippen LogP contribution >= 0.6 is 0 Å². The number of anilines is 3. The zero-order valence-electron chi connectivity index (χ0n) is 12.5. The van der Waals surface area contributed by atoms with Crippen molar-refractivity contribution in [2.24, 2.45) is 0 Å². The van der Waals surface area contributed by atoms with Gasteiger partial charge in [0.1, 0.15) is 5.76 Å². The van der Waals surface area contributed by atoms with Crippen molar-refractivity contribution in [2.45, 2.75) is 20.3 Å². The molecule has 0 radical (unpaired) electrons. The molecule has 1 aromatic heterocycles. The van der Waals surface area contributed by atoms with E-state index in [0.717, 1.165) is 11.4 Å². The second-order valence-electron chi connectivity index (χ2n) is 4.81. The third-order valence-corrected chi connectivity index (χ3v) is 2.78. The first-order chi connectivity index (χ1) is 10.5. The van der Waals surface area contributed by atoms with Gasteiger partial charge in [0.25, 0.3) is 0 Å². The molecule has 0 unspecified atom stereocenters. The molecule has 0 bridgehead atoms. The lowest BCUT2D eigenvalue weighted by molar-refractivity contribution is -0.116. The second kappa shape index (κ2) is 7.26. The Bertz CT molecular complexity index is 649. The maximum absolute atomic E-state index is 11.7. The molecule has 0 spiro atoms. The molecule has 22 heavy (non-hydrogen) atoms. The number of aryl methyl sites for hydroxylation is 1. The molecule has 0 aliphatic carbocycles. The van der Waals surface area contributed by atoms with Crippen molar-refractivity contribution in [3.8, 4) is 0 Å². The zero-order valence-corrected chi connectivity index (χ0v) is 12.5. The quantitative estimate of drug-likeness (QED) is 0.761. The molecule has 0 fully saturated rings. The summed E-state index contributed by atoms with van der Waals surface area (Å²) in [4.78, 5) is 22.6. The molecule has 7 nitrogen and oxygen atoms in total. The van der Waals surface area contributed by atoms with Gasteiger partial charge < -0.3 is 20.5 Å². The molecule has 2 rings (SSSR count). The minimum atomic E-state index is -0.143. The standard InChI is InChI=1S/C15H18N4O3/c1-10-9-14(19-22-10)18-15(21)7-8-16-12-3-5-13(6-4-12)17-11(2)20/h3-6,9,16H,7-8H2,1-2H3,(H,17,20)(H,18,19,21). The lowest BCUT2D eigenvalue weighted by Crippen LogP contribution is -2.16. The number of benzene rings is 1. The van der Waals surface area contributed by atoms with Gasteiger partial charge in [-0.2, -0.15) is 0 Å². The Hall–Kier alpha value is -2.83. The number of nitrogens with zero attached hydrogens (tertiary/aromatic N) is 1. The van der Waals surface area contributed by atoms with Crippen LogP contribution in [0.3, 0.4) is 0 Å². The summed E-state index contributed by atoms with van der Waals surface area (Å²) >= 11 is 0. The lowest BCUT2D eigenvalue weighted by Gasteiger charge is -2.07. The van der Waals surface area contributed by atoms with Gasteiger partial charge in [-0.15, -0.1) is 0 Å². The Kier molecular flexibility index (Phi) is 5.13. The largest absolute Gasteiger partial charge is 0.385 e. The molecule has 0 saturated heterocycles. The summed E-state index contributed by atoms with van der Waals surface area (Å²) in [5.41, 5.74) is 1.61. The first-order valence-electron chi connectivity index (χ1n) is 6.87. The van der Waals surface area contributed by atoms with Crippen LogP contribution in [0.15, 0.2) is 34.9 Å². The van der Waals surface area contributed by atoms with E-state index in [2.05, 4.69) is 21.1 Å². The topological polar surface area (TPSA) is 96.3 Å². The molecular weight excluding hydrogens is 284 g/mol. The number of nitrogens with one attached hydrogen (secondary N) is 3. The van der Waals surface area contributed by atoms with Crippen molar-refractivity contribution in [1.29, 1.82) is 0 Å². The molecule has 116 valence electrons. The van der Waals surface area contributed by atoms with Gasteiger partial charge in [-0.25, -0.2) is 0 Å². The van der Waals surface area contributed by atoms with E-state index in [4.69, 9.17) is 4.52 Å². The van der Waals surface area contributed by atoms with Crippen molar-refractivity contribution in [1.82, 2.24) is 5.16 Å². The number of hydrogen-bond donors (Lipinski definition) is 3. The molecule has 2 aromatic rings. The fraction of sp³-hybridized carbons (Fsp3) is 0.267. The van der Waals surface area contributed by atoms with E-state index in [1.54, 1.807) is 25.1 Å². The van der Waals surface area contributed by atoms with Gasteiger partial charge >= 0.3 is 0 Å². The highest BCUT2D eigenvalue weighted by Crippen LogP contribution is 2.13. The molecule has 0 aliphatic rings. The van der Waals surface area contributed by atoms with E-state index >= 15 is 0 Å². The molecule has 0 aliphatic heterocycles. The number of hydrogen-bond acceptors (Lipinski definition) is 5. The Morgan fingerprint density at radius 2 is 1.82 bits per heavy atom. The van der Waals surface area contributed by atoms with Crippen molar-refractivity contribution >= 4 is 29.0 Å². The average Bonchev–Trinajstić information content (AvgIpc) is 2.85. The van der Waals surface area contributed by atoms with Crippen LogP contribution in [-0.4, -0.2) is 23.5 Å². The highest BCUT2D eigenvalue weighted by molar-refractivity contribution is 5.90. The number of amides is 2. The van der Waals surface area contributed by atoms with E-state index in [1.807, 2.05) is 12.1 Å². The molecule has 7 heteroatoms. The van der Waals surface area contributed by atoms with Gasteiger partial charge in [0, 0.05) is 37.3 Å². The fourth-order valence-corrected chi connectivity index (χ4v) is 1.83. The number of carbonyl (C=O) groups excluding carboxylic acids is 2. The van der Waals surface area contributed by atoms with Gasteiger partial charge in [-0.3, -0.25) is 9.59 Å². The van der Waals surface area contributed by atoms with E-state index in [9.17, 15) is 9.59 Å². The van der Waals surface area contributed by atoms with Crippen LogP contribution in [0, 0.1) is 6.92 Å². The van der Waals surface area contributed by atoms with Crippen molar-refractivity contribution in [3.63, 3.8) is 0 Å². The fourth-order valence-electron chi connectivity index (χ4n) is 1.83. The molecule has 1 aromatic carbocycles. The minimum absolute atomic E-state index is 0.111. The Morgan fingerprint density at radius 3 is 2.41 bits per heavy atom. The Labute approximate surface area is 128 Å². The predicted molar refractivity (Wildman–Crippen MR) is 83.7 cm³/mol. The Morgan fingerprint density at radius 1 is 1.14 bits per heavy atom. The average molecular weight is 302 g/mol. The highest BCUT2D eigenvalue weighted by Gasteiger charge is 2.05. The SMILES string of the molecule is CC(=O)Nc1ccc(NCCC(=O)Nc2cc(C)on2)cc1. The number of carbonyl (C=O) groups is 2. The summed E-state index contributed by atoms with van der Waals surface area (Å²) < 4.78 is 4.87. The van der Waals surface area contributed by atoms with E-state index < -0.39 is 0 Å². The minimum Gasteiger partial charge on any atom is -0.385 e. The van der Waals surface area contributed by atoms with Gasteiger partial charge in [0.15, 0.2) is 5.82 Å². The summed E-state index contributed by atoms with van der Waals surface area (Å²) in [5, 5.41) is 12.2. The van der Waals surface area contributed by atoms with Gasteiger partial charge in [0.05, 0.1) is 0 Å². The zero-order chi connectivity index (χ0) is 15.9.